The molecule has 2 rings (SSSR count). The molecule has 0 spiro atoms. The molecule has 4 nitrogen and oxygen atoms in total. The largest absolute Gasteiger partial charge is 0.365 e. The molecule has 0 aromatic carbocycles. The fourth-order valence-corrected chi connectivity index (χ4v) is 2.03. The lowest BCUT2D eigenvalue weighted by atomic mass is 10.1. The van der Waals surface area contributed by atoms with Crippen molar-refractivity contribution in [2.24, 2.45) is 0 Å². The molecular formula is C17H24N4. The molecule has 0 saturated carbocycles. The van der Waals surface area contributed by atoms with Crippen molar-refractivity contribution in [2.75, 3.05) is 23.8 Å². The Hall–Kier alpha value is -2.10. The zero-order chi connectivity index (χ0) is 15.3. The average Bonchev–Trinajstić information content (AvgIpc) is 2.44. The van der Waals surface area contributed by atoms with Crippen LogP contribution < -0.4 is 10.2 Å². The minimum atomic E-state index is 0.0121. The van der Waals surface area contributed by atoms with Gasteiger partial charge in [-0.2, -0.15) is 0 Å². The molecule has 21 heavy (non-hydrogen) atoms. The number of aromatic nitrogens is 2. The normalized spacial score (nSPS) is 11.2. The number of rotatable bonds is 5. The Morgan fingerprint density at radius 2 is 1.90 bits per heavy atom. The van der Waals surface area contributed by atoms with Crippen molar-refractivity contribution in [3.8, 4) is 0 Å². The van der Waals surface area contributed by atoms with E-state index in [0.717, 1.165) is 30.3 Å². The van der Waals surface area contributed by atoms with Crippen molar-refractivity contribution >= 4 is 11.6 Å². The molecular weight excluding hydrogens is 260 g/mol. The Labute approximate surface area is 127 Å². The summed E-state index contributed by atoms with van der Waals surface area (Å²) in [5.74, 6) is 1.88. The molecule has 112 valence electrons. The zero-order valence-corrected chi connectivity index (χ0v) is 13.3. The van der Waals surface area contributed by atoms with Crippen LogP contribution in [0.2, 0.25) is 0 Å². The van der Waals surface area contributed by atoms with E-state index in [0.29, 0.717) is 0 Å². The first-order valence-corrected chi connectivity index (χ1v) is 7.30. The van der Waals surface area contributed by atoms with E-state index in [1.54, 1.807) is 0 Å². The van der Waals surface area contributed by atoms with Crippen LogP contribution in [0.4, 0.5) is 11.6 Å². The molecule has 2 aromatic rings. The van der Waals surface area contributed by atoms with Crippen molar-refractivity contribution in [3.05, 3.63) is 48.3 Å². The average molecular weight is 284 g/mol. The fraction of sp³-hybridized carbons (Fsp3) is 0.412. The van der Waals surface area contributed by atoms with E-state index in [1.807, 2.05) is 36.5 Å². The Morgan fingerprint density at radius 3 is 2.57 bits per heavy atom. The molecule has 0 aliphatic rings. The highest BCUT2D eigenvalue weighted by Crippen LogP contribution is 2.16. The summed E-state index contributed by atoms with van der Waals surface area (Å²) in [6, 6.07) is 12.1. The zero-order valence-electron chi connectivity index (χ0n) is 13.3. The van der Waals surface area contributed by atoms with Gasteiger partial charge in [0.15, 0.2) is 0 Å². The quantitative estimate of drug-likeness (QED) is 0.914. The second-order valence-corrected chi connectivity index (χ2v) is 6.25. The van der Waals surface area contributed by atoms with Crippen molar-refractivity contribution < 1.29 is 0 Å². The van der Waals surface area contributed by atoms with Gasteiger partial charge in [0.25, 0.3) is 0 Å². The first-order valence-electron chi connectivity index (χ1n) is 7.30. The number of pyridine rings is 2. The van der Waals surface area contributed by atoms with Gasteiger partial charge in [-0.15, -0.1) is 0 Å². The molecule has 0 radical (unpaired) electrons. The number of hydrogen-bond donors (Lipinski definition) is 1. The molecule has 0 bridgehead atoms. The van der Waals surface area contributed by atoms with Gasteiger partial charge in [-0.25, -0.2) is 4.98 Å². The van der Waals surface area contributed by atoms with Crippen LogP contribution in [-0.2, 0) is 6.42 Å². The van der Waals surface area contributed by atoms with Gasteiger partial charge >= 0.3 is 0 Å². The summed E-state index contributed by atoms with van der Waals surface area (Å²) in [6.45, 7) is 7.29. The molecule has 0 unspecified atom stereocenters. The van der Waals surface area contributed by atoms with Gasteiger partial charge in [0.1, 0.15) is 11.6 Å². The number of nitrogens with zero attached hydrogens (tertiary/aromatic N) is 3. The summed E-state index contributed by atoms with van der Waals surface area (Å²) in [7, 11) is 2.06. The maximum Gasteiger partial charge on any atom is 0.130 e. The molecule has 1 N–H and O–H groups in total. The van der Waals surface area contributed by atoms with Gasteiger partial charge in [-0.3, -0.25) is 4.98 Å². The number of nitrogens with one attached hydrogen (secondary N) is 1. The lowest BCUT2D eigenvalue weighted by Gasteiger charge is -2.23. The van der Waals surface area contributed by atoms with Crippen LogP contribution >= 0.6 is 0 Å². The van der Waals surface area contributed by atoms with E-state index in [-0.39, 0.29) is 5.54 Å². The van der Waals surface area contributed by atoms with Gasteiger partial charge in [0, 0.05) is 37.4 Å². The third-order valence-electron chi connectivity index (χ3n) is 3.06. The van der Waals surface area contributed by atoms with Gasteiger partial charge in [-0.1, -0.05) is 12.1 Å². The van der Waals surface area contributed by atoms with Crippen LogP contribution in [0.15, 0.2) is 42.6 Å². The molecule has 0 fully saturated rings. The first kappa shape index (κ1) is 15.3. The smallest absolute Gasteiger partial charge is 0.130 e. The fourth-order valence-electron chi connectivity index (χ4n) is 2.03. The molecule has 0 atom stereocenters. The molecule has 0 saturated heterocycles. The summed E-state index contributed by atoms with van der Waals surface area (Å²) in [5, 5.41) is 3.40. The minimum absolute atomic E-state index is 0.0121. The van der Waals surface area contributed by atoms with Gasteiger partial charge in [0.2, 0.25) is 0 Å². The highest BCUT2D eigenvalue weighted by atomic mass is 15.2. The third-order valence-corrected chi connectivity index (χ3v) is 3.06. The SMILES string of the molecule is CN(CCc1ccccn1)c1cccc(NC(C)(C)C)n1. The standard InChI is InChI=1S/C17H24N4/c1-17(2,3)20-15-9-7-10-16(19-15)21(4)13-11-14-8-5-6-12-18-14/h5-10,12H,11,13H2,1-4H3,(H,19,20). The summed E-state index contributed by atoms with van der Waals surface area (Å²) in [6.07, 6.45) is 2.75. The van der Waals surface area contributed by atoms with Crippen molar-refractivity contribution in [2.45, 2.75) is 32.7 Å². The Kier molecular flexibility index (Phi) is 4.78. The Balaban J connectivity index is 1.99. The Bertz CT molecular complexity index is 561. The maximum atomic E-state index is 4.66. The highest BCUT2D eigenvalue weighted by molar-refractivity contribution is 5.47. The van der Waals surface area contributed by atoms with Crippen LogP contribution in [0.1, 0.15) is 26.5 Å². The third kappa shape index (κ3) is 5.06. The number of anilines is 2. The molecule has 0 amide bonds. The second kappa shape index (κ2) is 6.57. The van der Waals surface area contributed by atoms with Crippen LogP contribution in [0.5, 0.6) is 0 Å². The van der Waals surface area contributed by atoms with Crippen molar-refractivity contribution in [1.29, 1.82) is 0 Å². The van der Waals surface area contributed by atoms with Crippen molar-refractivity contribution in [3.63, 3.8) is 0 Å². The molecule has 4 heteroatoms. The first-order chi connectivity index (χ1) is 9.94. The predicted molar refractivity (Wildman–Crippen MR) is 88.8 cm³/mol. The summed E-state index contributed by atoms with van der Waals surface area (Å²) < 4.78 is 0. The lowest BCUT2D eigenvalue weighted by molar-refractivity contribution is 0.630. The van der Waals surface area contributed by atoms with E-state index in [1.165, 1.54) is 0 Å². The molecule has 0 aliphatic carbocycles. The predicted octanol–water partition coefficient (Wildman–Crippen LogP) is 3.37. The summed E-state index contributed by atoms with van der Waals surface area (Å²) in [5.41, 5.74) is 1.12. The summed E-state index contributed by atoms with van der Waals surface area (Å²) in [4.78, 5) is 11.2. The van der Waals surface area contributed by atoms with E-state index in [9.17, 15) is 0 Å². The van der Waals surface area contributed by atoms with E-state index < -0.39 is 0 Å². The highest BCUT2D eigenvalue weighted by Gasteiger charge is 2.11. The van der Waals surface area contributed by atoms with Crippen LogP contribution in [-0.4, -0.2) is 29.1 Å². The van der Waals surface area contributed by atoms with Gasteiger partial charge in [-0.05, 0) is 45.0 Å². The summed E-state index contributed by atoms with van der Waals surface area (Å²) >= 11 is 0. The topological polar surface area (TPSA) is 41.1 Å². The molecule has 2 aromatic heterocycles. The number of hydrogen-bond acceptors (Lipinski definition) is 4. The van der Waals surface area contributed by atoms with Crippen LogP contribution in [0.3, 0.4) is 0 Å². The van der Waals surface area contributed by atoms with Crippen molar-refractivity contribution in [1.82, 2.24) is 9.97 Å². The van der Waals surface area contributed by atoms with Crippen LogP contribution in [0.25, 0.3) is 0 Å². The van der Waals surface area contributed by atoms with E-state index >= 15 is 0 Å². The van der Waals surface area contributed by atoms with Crippen LogP contribution in [0, 0.1) is 0 Å². The molecule has 2 heterocycles. The van der Waals surface area contributed by atoms with E-state index in [2.05, 4.69) is 54.1 Å². The Morgan fingerprint density at radius 1 is 1.10 bits per heavy atom. The second-order valence-electron chi connectivity index (χ2n) is 6.25. The number of likely N-dealkylation sites (N-methyl/N-ethyl adjacent to an activating group) is 1. The molecule has 0 aliphatic heterocycles. The van der Waals surface area contributed by atoms with E-state index in [4.69, 9.17) is 0 Å². The minimum Gasteiger partial charge on any atom is -0.365 e. The van der Waals surface area contributed by atoms with Gasteiger partial charge < -0.3 is 10.2 Å². The van der Waals surface area contributed by atoms with Gasteiger partial charge in [0.05, 0.1) is 0 Å². The maximum absolute atomic E-state index is 4.66. The lowest BCUT2D eigenvalue weighted by Crippen LogP contribution is -2.27. The monoisotopic (exact) mass is 284 g/mol.